The van der Waals surface area contributed by atoms with Crippen LogP contribution in [0.5, 0.6) is 0 Å². The number of carbonyl (C=O) groups excluding carboxylic acids is 1. The first-order chi connectivity index (χ1) is 8.00. The van der Waals surface area contributed by atoms with Gasteiger partial charge in [-0.2, -0.15) is 5.10 Å². The van der Waals surface area contributed by atoms with Gasteiger partial charge in [0.1, 0.15) is 0 Å². The summed E-state index contributed by atoms with van der Waals surface area (Å²) >= 11 is 0. The number of hydrogen-bond acceptors (Lipinski definition) is 2. The first-order valence-corrected chi connectivity index (χ1v) is 6.31. The van der Waals surface area contributed by atoms with E-state index in [1.807, 2.05) is 17.9 Å². The van der Waals surface area contributed by atoms with E-state index in [1.54, 1.807) is 0 Å². The van der Waals surface area contributed by atoms with Crippen LogP contribution in [0.1, 0.15) is 31.7 Å². The highest BCUT2D eigenvalue weighted by atomic mass is 16.2. The molecule has 4 nitrogen and oxygen atoms in total. The summed E-state index contributed by atoms with van der Waals surface area (Å²) in [6, 6.07) is 2.33. The standard InChI is InChI=1S/C13H19N3O/c1-8-4-11(15-14-8)5-12(17)16-7-10-6-13(10,3)9(16)2/h4,9-10H,5-7H2,1-3H3,(H,14,15). The molecule has 1 amide bonds. The third-order valence-electron chi connectivity index (χ3n) is 4.71. The van der Waals surface area contributed by atoms with Crippen molar-refractivity contribution in [3.05, 3.63) is 17.5 Å². The molecule has 2 heterocycles. The quantitative estimate of drug-likeness (QED) is 0.842. The summed E-state index contributed by atoms with van der Waals surface area (Å²) in [5, 5.41) is 7.01. The van der Waals surface area contributed by atoms with Crippen molar-refractivity contribution < 1.29 is 4.79 Å². The highest BCUT2D eigenvalue weighted by Gasteiger charge is 2.61. The Balaban J connectivity index is 1.68. The van der Waals surface area contributed by atoms with E-state index in [2.05, 4.69) is 24.0 Å². The normalized spacial score (nSPS) is 34.9. The highest BCUT2D eigenvalue weighted by molar-refractivity contribution is 5.79. The second-order valence-electron chi connectivity index (χ2n) is 5.85. The second-order valence-corrected chi connectivity index (χ2v) is 5.85. The third kappa shape index (κ3) is 1.58. The number of nitrogens with one attached hydrogen (secondary N) is 1. The summed E-state index contributed by atoms with van der Waals surface area (Å²) in [5.41, 5.74) is 2.26. The van der Waals surface area contributed by atoms with Crippen molar-refractivity contribution in [2.24, 2.45) is 11.3 Å². The topological polar surface area (TPSA) is 49.0 Å². The molecule has 2 fully saturated rings. The predicted octanol–water partition coefficient (Wildman–Crippen LogP) is 1.52. The summed E-state index contributed by atoms with van der Waals surface area (Å²) in [6.07, 6.45) is 1.72. The third-order valence-corrected chi connectivity index (χ3v) is 4.71. The highest BCUT2D eigenvalue weighted by Crippen LogP contribution is 2.61. The van der Waals surface area contributed by atoms with Crippen LogP contribution in [-0.2, 0) is 11.2 Å². The van der Waals surface area contributed by atoms with Crippen LogP contribution < -0.4 is 0 Å². The summed E-state index contributed by atoms with van der Waals surface area (Å²) in [6.45, 7) is 7.38. The number of likely N-dealkylation sites (tertiary alicyclic amines) is 1. The van der Waals surface area contributed by atoms with Gasteiger partial charge >= 0.3 is 0 Å². The zero-order valence-corrected chi connectivity index (χ0v) is 10.7. The molecule has 3 rings (SSSR count). The maximum absolute atomic E-state index is 12.2. The minimum Gasteiger partial charge on any atom is -0.339 e. The van der Waals surface area contributed by atoms with Gasteiger partial charge in [0.15, 0.2) is 0 Å². The lowest BCUT2D eigenvalue weighted by molar-refractivity contribution is -0.132. The molecule has 0 bridgehead atoms. The van der Waals surface area contributed by atoms with Crippen molar-refractivity contribution in [1.82, 2.24) is 15.1 Å². The molecule has 0 radical (unpaired) electrons. The maximum Gasteiger partial charge on any atom is 0.228 e. The molecule has 4 heteroatoms. The lowest BCUT2D eigenvalue weighted by atomic mass is 10.0. The Hall–Kier alpha value is -1.32. The number of piperidine rings is 1. The molecule has 0 aromatic carbocycles. The summed E-state index contributed by atoms with van der Waals surface area (Å²) in [7, 11) is 0. The van der Waals surface area contributed by atoms with Gasteiger partial charge in [-0.3, -0.25) is 9.89 Å². The molecule has 2 aliphatic rings. The maximum atomic E-state index is 12.2. The zero-order chi connectivity index (χ0) is 12.2. The van der Waals surface area contributed by atoms with Crippen LogP contribution in [0, 0.1) is 18.3 Å². The van der Waals surface area contributed by atoms with E-state index in [9.17, 15) is 4.79 Å². The van der Waals surface area contributed by atoms with Gasteiger partial charge in [0.25, 0.3) is 0 Å². The Labute approximate surface area is 101 Å². The molecule has 1 aliphatic carbocycles. The van der Waals surface area contributed by atoms with Crippen molar-refractivity contribution in [3.8, 4) is 0 Å². The number of carbonyl (C=O) groups is 1. The molecular weight excluding hydrogens is 214 g/mol. The number of aryl methyl sites for hydroxylation is 1. The minimum absolute atomic E-state index is 0.220. The van der Waals surface area contributed by atoms with Crippen LogP contribution in [0.15, 0.2) is 6.07 Å². The molecule has 17 heavy (non-hydrogen) atoms. The first kappa shape index (κ1) is 10.8. The number of amides is 1. The Bertz CT molecular complexity index is 467. The summed E-state index contributed by atoms with van der Waals surface area (Å²) in [5.74, 6) is 0.958. The minimum atomic E-state index is 0.220. The van der Waals surface area contributed by atoms with Crippen LogP contribution in [0.25, 0.3) is 0 Å². The van der Waals surface area contributed by atoms with E-state index in [0.717, 1.165) is 23.9 Å². The van der Waals surface area contributed by atoms with E-state index in [0.29, 0.717) is 17.9 Å². The van der Waals surface area contributed by atoms with Gasteiger partial charge < -0.3 is 4.90 Å². The van der Waals surface area contributed by atoms with Gasteiger partial charge in [-0.05, 0) is 37.7 Å². The molecule has 1 saturated carbocycles. The monoisotopic (exact) mass is 233 g/mol. The largest absolute Gasteiger partial charge is 0.339 e. The van der Waals surface area contributed by atoms with Crippen molar-refractivity contribution in [3.63, 3.8) is 0 Å². The number of nitrogens with zero attached hydrogens (tertiary/aromatic N) is 2. The second kappa shape index (κ2) is 3.34. The Morgan fingerprint density at radius 2 is 2.47 bits per heavy atom. The smallest absolute Gasteiger partial charge is 0.228 e. The van der Waals surface area contributed by atoms with Gasteiger partial charge in [-0.1, -0.05) is 6.92 Å². The average Bonchev–Trinajstić information content (AvgIpc) is 2.63. The van der Waals surface area contributed by atoms with E-state index in [1.165, 1.54) is 6.42 Å². The first-order valence-electron chi connectivity index (χ1n) is 6.31. The predicted molar refractivity (Wildman–Crippen MR) is 64.4 cm³/mol. The van der Waals surface area contributed by atoms with E-state index in [-0.39, 0.29) is 5.91 Å². The molecule has 3 atom stereocenters. The Morgan fingerprint density at radius 3 is 3.00 bits per heavy atom. The Morgan fingerprint density at radius 1 is 1.71 bits per heavy atom. The molecule has 1 aromatic rings. The number of fused-ring (bicyclic) bond motifs is 1. The van der Waals surface area contributed by atoms with E-state index < -0.39 is 0 Å². The molecule has 1 aromatic heterocycles. The SMILES string of the molecule is Cc1cc(CC(=O)N2CC3CC3(C)C2C)n[nH]1. The fraction of sp³-hybridized carbons (Fsp3) is 0.692. The summed E-state index contributed by atoms with van der Waals surface area (Å²) in [4.78, 5) is 14.3. The van der Waals surface area contributed by atoms with Gasteiger partial charge in [0.2, 0.25) is 5.91 Å². The van der Waals surface area contributed by atoms with Crippen molar-refractivity contribution in [2.75, 3.05) is 6.54 Å². The lowest BCUT2D eigenvalue weighted by Gasteiger charge is -2.27. The van der Waals surface area contributed by atoms with Crippen LogP contribution in [-0.4, -0.2) is 33.6 Å². The van der Waals surface area contributed by atoms with E-state index >= 15 is 0 Å². The number of aromatic nitrogens is 2. The fourth-order valence-corrected chi connectivity index (χ4v) is 3.15. The van der Waals surface area contributed by atoms with Crippen LogP contribution in [0.2, 0.25) is 0 Å². The zero-order valence-electron chi connectivity index (χ0n) is 10.7. The van der Waals surface area contributed by atoms with Gasteiger partial charge in [0.05, 0.1) is 12.1 Å². The fourth-order valence-electron chi connectivity index (χ4n) is 3.15. The number of H-pyrrole nitrogens is 1. The molecule has 1 saturated heterocycles. The van der Waals surface area contributed by atoms with Crippen molar-refractivity contribution >= 4 is 5.91 Å². The van der Waals surface area contributed by atoms with Crippen molar-refractivity contribution in [2.45, 2.75) is 39.7 Å². The molecule has 0 spiro atoms. The van der Waals surface area contributed by atoms with Crippen LogP contribution in [0.4, 0.5) is 0 Å². The Kier molecular flexibility index (Phi) is 2.12. The van der Waals surface area contributed by atoms with E-state index in [4.69, 9.17) is 0 Å². The molecule has 1 aliphatic heterocycles. The molecule has 92 valence electrons. The molecule has 1 N–H and O–H groups in total. The van der Waals surface area contributed by atoms with Gasteiger partial charge in [-0.15, -0.1) is 0 Å². The van der Waals surface area contributed by atoms with Gasteiger partial charge in [-0.25, -0.2) is 0 Å². The van der Waals surface area contributed by atoms with Crippen molar-refractivity contribution in [1.29, 1.82) is 0 Å². The molecular formula is C13H19N3O. The van der Waals surface area contributed by atoms with Crippen LogP contribution in [0.3, 0.4) is 0 Å². The average molecular weight is 233 g/mol. The van der Waals surface area contributed by atoms with Gasteiger partial charge in [0, 0.05) is 18.3 Å². The lowest BCUT2D eigenvalue weighted by Crippen LogP contribution is -2.39. The number of aromatic amines is 1. The molecule has 3 unspecified atom stereocenters. The van der Waals surface area contributed by atoms with Crippen LogP contribution >= 0.6 is 0 Å². The number of hydrogen-bond donors (Lipinski definition) is 1. The summed E-state index contributed by atoms with van der Waals surface area (Å²) < 4.78 is 0. The number of rotatable bonds is 2.